The Morgan fingerprint density at radius 3 is 2.61 bits per heavy atom. The van der Waals surface area contributed by atoms with Crippen molar-refractivity contribution < 1.29 is 0 Å². The Morgan fingerprint density at radius 1 is 1.44 bits per heavy atom. The molecule has 0 fully saturated rings. The van der Waals surface area contributed by atoms with Gasteiger partial charge in [0.1, 0.15) is 4.99 Å². The first-order chi connectivity index (χ1) is 8.41. The van der Waals surface area contributed by atoms with Crippen LogP contribution in [-0.4, -0.2) is 14.8 Å². The second kappa shape index (κ2) is 4.99. The average Bonchev–Trinajstić information content (AvgIpc) is 2.56. The Kier molecular flexibility index (Phi) is 3.75. The molecule has 1 heterocycles. The molecule has 94 valence electrons. The molecule has 0 atom stereocenters. The number of thiocarbonyl (C=S) groups is 1. The van der Waals surface area contributed by atoms with Crippen LogP contribution in [0.1, 0.15) is 17.0 Å². The van der Waals surface area contributed by atoms with Gasteiger partial charge in [-0.3, -0.25) is 0 Å². The van der Waals surface area contributed by atoms with Gasteiger partial charge >= 0.3 is 0 Å². The van der Waals surface area contributed by atoms with Gasteiger partial charge in [0.15, 0.2) is 0 Å². The normalized spacial score (nSPS) is 10.7. The van der Waals surface area contributed by atoms with E-state index in [2.05, 4.69) is 21.0 Å². The van der Waals surface area contributed by atoms with Crippen molar-refractivity contribution >= 4 is 44.7 Å². The number of rotatable bonds is 2. The molecule has 0 radical (unpaired) electrons. The number of nitrogens with two attached hydrogens (primary N) is 1. The third kappa shape index (κ3) is 2.30. The summed E-state index contributed by atoms with van der Waals surface area (Å²) in [5, 5.41) is 5.07. The minimum atomic E-state index is 0.334. The summed E-state index contributed by atoms with van der Waals surface area (Å²) in [4.78, 5) is 0.334. The fraction of sp³-hybridized carbons (Fsp3) is 0.167. The van der Waals surface area contributed by atoms with Crippen LogP contribution in [0.4, 0.5) is 0 Å². The zero-order valence-corrected chi connectivity index (χ0v) is 13.0. The predicted molar refractivity (Wildman–Crippen MR) is 81.6 cm³/mol. The van der Waals surface area contributed by atoms with Crippen molar-refractivity contribution in [2.24, 2.45) is 5.73 Å². The lowest BCUT2D eigenvalue weighted by molar-refractivity contribution is 0.831. The fourth-order valence-corrected chi connectivity index (χ4v) is 2.39. The van der Waals surface area contributed by atoms with Crippen LogP contribution in [0, 0.1) is 13.8 Å². The maximum Gasteiger partial charge on any atom is 0.106 e. The Labute approximate surface area is 124 Å². The third-order valence-corrected chi connectivity index (χ3v) is 3.92. The molecule has 0 spiro atoms. The third-order valence-electron chi connectivity index (χ3n) is 2.66. The Balaban J connectivity index is 2.73. The Bertz CT molecular complexity index is 636. The van der Waals surface area contributed by atoms with Crippen molar-refractivity contribution in [1.82, 2.24) is 9.78 Å². The minimum Gasteiger partial charge on any atom is -0.389 e. The summed E-state index contributed by atoms with van der Waals surface area (Å²) in [7, 11) is 0. The highest BCUT2D eigenvalue weighted by atomic mass is 79.9. The molecule has 0 aliphatic heterocycles. The lowest BCUT2D eigenvalue weighted by Crippen LogP contribution is -2.14. The maximum absolute atomic E-state index is 6.16. The van der Waals surface area contributed by atoms with Crippen LogP contribution in [0.3, 0.4) is 0 Å². The molecule has 0 amide bonds. The quantitative estimate of drug-likeness (QED) is 0.848. The summed E-state index contributed by atoms with van der Waals surface area (Å²) in [5.41, 5.74) is 8.98. The van der Waals surface area contributed by atoms with Gasteiger partial charge in [-0.2, -0.15) is 5.10 Å². The molecule has 2 aromatic rings. The van der Waals surface area contributed by atoms with E-state index in [0.717, 1.165) is 27.1 Å². The molecule has 2 rings (SSSR count). The molecule has 1 aromatic carbocycles. The van der Waals surface area contributed by atoms with E-state index in [0.29, 0.717) is 10.0 Å². The fourth-order valence-electron chi connectivity index (χ4n) is 1.75. The van der Waals surface area contributed by atoms with Crippen LogP contribution in [0.25, 0.3) is 5.69 Å². The van der Waals surface area contributed by atoms with Gasteiger partial charge in [-0.15, -0.1) is 0 Å². The molecule has 3 nitrogen and oxygen atoms in total. The first-order valence-electron chi connectivity index (χ1n) is 5.23. The smallest absolute Gasteiger partial charge is 0.106 e. The molecule has 6 heteroatoms. The number of benzene rings is 1. The summed E-state index contributed by atoms with van der Waals surface area (Å²) in [6, 6.07) is 5.68. The van der Waals surface area contributed by atoms with E-state index in [1.165, 1.54) is 0 Å². The van der Waals surface area contributed by atoms with Gasteiger partial charge < -0.3 is 5.73 Å². The van der Waals surface area contributed by atoms with Gasteiger partial charge in [-0.1, -0.05) is 39.7 Å². The zero-order valence-electron chi connectivity index (χ0n) is 9.87. The molecule has 0 saturated heterocycles. The van der Waals surface area contributed by atoms with E-state index < -0.39 is 0 Å². The molecule has 1 aromatic heterocycles. The van der Waals surface area contributed by atoms with Crippen LogP contribution in [-0.2, 0) is 0 Å². The van der Waals surface area contributed by atoms with Gasteiger partial charge in [0.25, 0.3) is 0 Å². The number of aromatic nitrogens is 2. The predicted octanol–water partition coefficient (Wildman–Crippen LogP) is 3.54. The van der Waals surface area contributed by atoms with Crippen LogP contribution in [0.15, 0.2) is 22.7 Å². The summed E-state index contributed by atoms with van der Waals surface area (Å²) >= 11 is 14.7. The summed E-state index contributed by atoms with van der Waals surface area (Å²) in [6.45, 7) is 3.77. The Hall–Kier alpha value is -0.910. The van der Waals surface area contributed by atoms with Gasteiger partial charge in [0.2, 0.25) is 0 Å². The molecule has 0 aliphatic carbocycles. The lowest BCUT2D eigenvalue weighted by Gasteiger charge is -2.10. The van der Waals surface area contributed by atoms with Crippen LogP contribution in [0.2, 0.25) is 5.02 Å². The van der Waals surface area contributed by atoms with Crippen molar-refractivity contribution in [2.45, 2.75) is 13.8 Å². The van der Waals surface area contributed by atoms with E-state index >= 15 is 0 Å². The first kappa shape index (κ1) is 13.5. The van der Waals surface area contributed by atoms with E-state index in [-0.39, 0.29) is 0 Å². The first-order valence-corrected chi connectivity index (χ1v) is 6.81. The molecule has 18 heavy (non-hydrogen) atoms. The molecule has 0 unspecified atom stereocenters. The molecule has 0 bridgehead atoms. The number of aryl methyl sites for hydroxylation is 1. The topological polar surface area (TPSA) is 43.8 Å². The van der Waals surface area contributed by atoms with E-state index in [9.17, 15) is 0 Å². The van der Waals surface area contributed by atoms with Crippen molar-refractivity contribution in [3.8, 4) is 5.69 Å². The second-order valence-corrected chi connectivity index (χ2v) is 5.66. The number of hydrogen-bond donors (Lipinski definition) is 1. The highest BCUT2D eigenvalue weighted by Gasteiger charge is 2.15. The molecular formula is C12H11BrClN3S. The summed E-state index contributed by atoms with van der Waals surface area (Å²) in [5.74, 6) is 0. The van der Waals surface area contributed by atoms with E-state index in [4.69, 9.17) is 29.6 Å². The second-order valence-electron chi connectivity index (χ2n) is 3.92. The van der Waals surface area contributed by atoms with Crippen molar-refractivity contribution in [3.05, 3.63) is 44.6 Å². The number of nitrogens with zero attached hydrogens (tertiary/aromatic N) is 2. The molecular weight excluding hydrogens is 334 g/mol. The maximum atomic E-state index is 6.16. The van der Waals surface area contributed by atoms with Gasteiger partial charge in [-0.25, -0.2) is 4.68 Å². The standard InChI is InChI=1S/C12H11BrClN3S/c1-6-11(14)7(2)17(16-6)10-5-8(13)3-4-9(10)12(15)18/h3-5H,1-2H3,(H2,15,18). The SMILES string of the molecule is Cc1nn(-c2cc(Br)ccc2C(N)=S)c(C)c1Cl. The highest BCUT2D eigenvalue weighted by molar-refractivity contribution is 9.10. The highest BCUT2D eigenvalue weighted by Crippen LogP contribution is 2.26. The van der Waals surface area contributed by atoms with Gasteiger partial charge in [0, 0.05) is 10.0 Å². The van der Waals surface area contributed by atoms with Crippen LogP contribution < -0.4 is 5.73 Å². The summed E-state index contributed by atoms with van der Waals surface area (Å²) in [6.07, 6.45) is 0. The van der Waals surface area contributed by atoms with Crippen LogP contribution in [0.5, 0.6) is 0 Å². The number of hydrogen-bond acceptors (Lipinski definition) is 2. The minimum absolute atomic E-state index is 0.334. The van der Waals surface area contributed by atoms with Crippen molar-refractivity contribution in [2.75, 3.05) is 0 Å². The molecule has 0 saturated carbocycles. The average molecular weight is 345 g/mol. The van der Waals surface area contributed by atoms with Gasteiger partial charge in [0.05, 0.1) is 22.1 Å². The van der Waals surface area contributed by atoms with Crippen LogP contribution >= 0.6 is 39.7 Å². The van der Waals surface area contributed by atoms with Crippen molar-refractivity contribution in [1.29, 1.82) is 0 Å². The zero-order chi connectivity index (χ0) is 13.4. The van der Waals surface area contributed by atoms with E-state index in [1.54, 1.807) is 4.68 Å². The van der Waals surface area contributed by atoms with Gasteiger partial charge in [-0.05, 0) is 32.0 Å². The monoisotopic (exact) mass is 343 g/mol. The summed E-state index contributed by atoms with van der Waals surface area (Å²) < 4.78 is 2.69. The lowest BCUT2D eigenvalue weighted by atomic mass is 10.2. The largest absolute Gasteiger partial charge is 0.389 e. The van der Waals surface area contributed by atoms with Crippen molar-refractivity contribution in [3.63, 3.8) is 0 Å². The Morgan fingerprint density at radius 2 is 2.11 bits per heavy atom. The molecule has 2 N–H and O–H groups in total. The number of halogens is 2. The molecule has 0 aliphatic rings. The van der Waals surface area contributed by atoms with E-state index in [1.807, 2.05) is 32.0 Å².